The monoisotopic (exact) mass is 490 g/mol. The lowest BCUT2D eigenvalue weighted by Gasteiger charge is -2.25. The molecule has 0 aliphatic carbocycles. The quantitative estimate of drug-likeness (QED) is 0.569. The van der Waals surface area contributed by atoms with Crippen molar-refractivity contribution in [3.63, 3.8) is 0 Å². The Kier molecular flexibility index (Phi) is 4.97. The van der Waals surface area contributed by atoms with Crippen molar-refractivity contribution in [2.75, 3.05) is 5.32 Å². The third kappa shape index (κ3) is 3.96. The first-order valence-corrected chi connectivity index (χ1v) is 8.75. The van der Waals surface area contributed by atoms with Gasteiger partial charge in [-0.2, -0.15) is 23.4 Å². The minimum absolute atomic E-state index is 0.0570. The second kappa shape index (κ2) is 6.94. The van der Waals surface area contributed by atoms with Crippen LogP contribution in [0.4, 0.5) is 18.9 Å². The molecule has 142 valence electrons. The van der Waals surface area contributed by atoms with E-state index >= 15 is 0 Å². The van der Waals surface area contributed by atoms with Crippen molar-refractivity contribution in [1.29, 1.82) is 0 Å². The van der Waals surface area contributed by atoms with Gasteiger partial charge in [-0.1, -0.05) is 0 Å². The van der Waals surface area contributed by atoms with Crippen LogP contribution in [0.2, 0.25) is 0 Å². The largest absolute Gasteiger partial charge is 0.416 e. The van der Waals surface area contributed by atoms with Crippen molar-refractivity contribution in [1.82, 2.24) is 24.5 Å². The number of carbonyl (C=O) groups is 1. The lowest BCUT2D eigenvalue weighted by molar-refractivity contribution is -0.137. The molecule has 1 aromatic carbocycles. The molecule has 0 aliphatic rings. The lowest BCUT2D eigenvalue weighted by atomic mass is 10.0. The first-order valence-electron chi connectivity index (χ1n) is 7.67. The normalized spacial score (nSPS) is 12.2. The van der Waals surface area contributed by atoms with Crippen molar-refractivity contribution >= 4 is 34.2 Å². The van der Waals surface area contributed by atoms with E-state index in [-0.39, 0.29) is 11.4 Å². The summed E-state index contributed by atoms with van der Waals surface area (Å²) in [5.74, 6) is -0.442. The van der Waals surface area contributed by atoms with Gasteiger partial charge in [0.1, 0.15) is 18.2 Å². The van der Waals surface area contributed by atoms with Crippen LogP contribution >= 0.6 is 22.6 Å². The van der Waals surface area contributed by atoms with Gasteiger partial charge in [0.15, 0.2) is 0 Å². The fourth-order valence-corrected chi connectivity index (χ4v) is 2.71. The van der Waals surface area contributed by atoms with Gasteiger partial charge in [-0.3, -0.25) is 9.48 Å². The van der Waals surface area contributed by atoms with Crippen LogP contribution in [-0.4, -0.2) is 30.5 Å². The summed E-state index contributed by atoms with van der Waals surface area (Å²) in [6.45, 7) is 3.31. The molecule has 27 heavy (non-hydrogen) atoms. The van der Waals surface area contributed by atoms with Crippen molar-refractivity contribution in [2.45, 2.75) is 25.6 Å². The number of alkyl halides is 3. The van der Waals surface area contributed by atoms with E-state index in [2.05, 4.69) is 43.1 Å². The van der Waals surface area contributed by atoms with Gasteiger partial charge in [-0.05, 0) is 54.6 Å². The summed E-state index contributed by atoms with van der Waals surface area (Å²) in [6, 6.07) is 3.01. The van der Waals surface area contributed by atoms with Gasteiger partial charge in [0.2, 0.25) is 0 Å². The van der Waals surface area contributed by atoms with Gasteiger partial charge in [0.25, 0.3) is 5.91 Å². The standard InChI is InChI=1S/C16H14F3IN6O/c1-15(2,26-7-11(20)6-22-26)14(27)24-12-4-3-10(16(17,18)19)5-13(12)25-9-21-8-23-25/h3-9H,1-2H3,(H,24,27). The third-order valence-electron chi connectivity index (χ3n) is 3.92. The van der Waals surface area contributed by atoms with Crippen LogP contribution in [0.25, 0.3) is 5.69 Å². The zero-order chi connectivity index (χ0) is 19.8. The molecule has 2 heterocycles. The fraction of sp³-hybridized carbons (Fsp3) is 0.250. The highest BCUT2D eigenvalue weighted by Gasteiger charge is 2.33. The fourth-order valence-electron chi connectivity index (χ4n) is 2.32. The summed E-state index contributed by atoms with van der Waals surface area (Å²) in [5, 5.41) is 10.7. The molecule has 7 nitrogen and oxygen atoms in total. The van der Waals surface area contributed by atoms with Gasteiger partial charge < -0.3 is 5.32 Å². The number of halogens is 4. The van der Waals surface area contributed by atoms with Crippen LogP contribution in [0.5, 0.6) is 0 Å². The number of benzene rings is 1. The Bertz CT molecular complexity index is 965. The number of hydrogen-bond donors (Lipinski definition) is 1. The Morgan fingerprint density at radius 2 is 1.96 bits per heavy atom. The molecule has 0 atom stereocenters. The van der Waals surface area contributed by atoms with Crippen LogP contribution in [0.3, 0.4) is 0 Å². The average molecular weight is 490 g/mol. The molecule has 0 radical (unpaired) electrons. The zero-order valence-electron chi connectivity index (χ0n) is 14.2. The number of nitrogens with zero attached hydrogens (tertiary/aromatic N) is 5. The maximum absolute atomic E-state index is 13.1. The minimum atomic E-state index is -4.52. The predicted octanol–water partition coefficient (Wildman–Crippen LogP) is 3.46. The van der Waals surface area contributed by atoms with Gasteiger partial charge in [0.05, 0.1) is 26.7 Å². The van der Waals surface area contributed by atoms with Crippen molar-refractivity contribution < 1.29 is 18.0 Å². The van der Waals surface area contributed by atoms with E-state index in [0.29, 0.717) is 0 Å². The summed E-state index contributed by atoms with van der Waals surface area (Å²) in [7, 11) is 0. The number of carbonyl (C=O) groups excluding carboxylic acids is 1. The molecule has 3 aromatic rings. The number of anilines is 1. The molecule has 11 heteroatoms. The molecule has 0 fully saturated rings. The SMILES string of the molecule is CC(C)(C(=O)Nc1ccc(C(F)(F)F)cc1-n1cncn1)n1cc(I)cn1. The summed E-state index contributed by atoms with van der Waals surface area (Å²) < 4.78 is 42.7. The van der Waals surface area contributed by atoms with Crippen LogP contribution in [0, 0.1) is 3.57 Å². The molecule has 0 unspecified atom stereocenters. The molecule has 0 saturated carbocycles. The maximum Gasteiger partial charge on any atom is 0.416 e. The predicted molar refractivity (Wildman–Crippen MR) is 99.3 cm³/mol. The number of aromatic nitrogens is 5. The van der Waals surface area contributed by atoms with Gasteiger partial charge in [-0.25, -0.2) is 9.67 Å². The van der Waals surface area contributed by atoms with E-state index in [9.17, 15) is 18.0 Å². The Morgan fingerprint density at radius 1 is 1.22 bits per heavy atom. The summed E-state index contributed by atoms with van der Waals surface area (Å²) in [4.78, 5) is 16.6. The Labute approximate surface area is 165 Å². The first kappa shape index (κ1) is 19.3. The summed E-state index contributed by atoms with van der Waals surface area (Å²) in [6.07, 6.45) is 1.23. The highest BCUT2D eigenvalue weighted by Crippen LogP contribution is 2.33. The van der Waals surface area contributed by atoms with Crippen molar-refractivity contribution in [3.8, 4) is 5.69 Å². The molecule has 1 amide bonds. The minimum Gasteiger partial charge on any atom is -0.322 e. The number of amides is 1. The van der Waals surface area contributed by atoms with Crippen LogP contribution in [-0.2, 0) is 16.5 Å². The van der Waals surface area contributed by atoms with Crippen molar-refractivity contribution in [3.05, 3.63) is 52.4 Å². The van der Waals surface area contributed by atoms with E-state index in [1.165, 1.54) is 23.4 Å². The number of hydrogen-bond acceptors (Lipinski definition) is 4. The van der Waals surface area contributed by atoms with Gasteiger partial charge >= 0.3 is 6.18 Å². The van der Waals surface area contributed by atoms with Crippen LogP contribution in [0.15, 0.2) is 43.2 Å². The molecule has 2 aromatic heterocycles. The second-order valence-corrected chi connectivity index (χ2v) is 7.43. The van der Waals surface area contributed by atoms with E-state index < -0.39 is 23.2 Å². The van der Waals surface area contributed by atoms with E-state index in [4.69, 9.17) is 0 Å². The van der Waals surface area contributed by atoms with E-state index in [1.54, 1.807) is 26.2 Å². The number of rotatable bonds is 4. The first-order chi connectivity index (χ1) is 12.6. The maximum atomic E-state index is 13.1. The zero-order valence-corrected chi connectivity index (χ0v) is 16.4. The topological polar surface area (TPSA) is 77.6 Å². The summed E-state index contributed by atoms with van der Waals surface area (Å²) in [5.41, 5.74) is -1.69. The highest BCUT2D eigenvalue weighted by molar-refractivity contribution is 14.1. The number of nitrogens with one attached hydrogen (secondary N) is 1. The smallest absolute Gasteiger partial charge is 0.322 e. The molecule has 0 saturated heterocycles. The average Bonchev–Trinajstić information content (AvgIpc) is 3.25. The lowest BCUT2D eigenvalue weighted by Crippen LogP contribution is -2.40. The molecule has 0 spiro atoms. The third-order valence-corrected chi connectivity index (χ3v) is 4.48. The van der Waals surface area contributed by atoms with Crippen LogP contribution in [0.1, 0.15) is 19.4 Å². The Morgan fingerprint density at radius 3 is 2.52 bits per heavy atom. The molecular formula is C16H14F3IN6O. The van der Waals surface area contributed by atoms with Gasteiger partial charge in [-0.15, -0.1) is 0 Å². The van der Waals surface area contributed by atoms with Crippen LogP contribution < -0.4 is 5.32 Å². The molecule has 1 N–H and O–H groups in total. The van der Waals surface area contributed by atoms with E-state index in [0.717, 1.165) is 20.4 Å². The molecule has 0 bridgehead atoms. The Balaban J connectivity index is 1.98. The van der Waals surface area contributed by atoms with Crippen molar-refractivity contribution in [2.24, 2.45) is 0 Å². The van der Waals surface area contributed by atoms with E-state index in [1.807, 2.05) is 0 Å². The highest BCUT2D eigenvalue weighted by atomic mass is 127. The molecule has 3 rings (SSSR count). The Hall–Kier alpha value is -2.44. The molecule has 0 aliphatic heterocycles. The van der Waals surface area contributed by atoms with Gasteiger partial charge in [0, 0.05) is 6.20 Å². The second-order valence-electron chi connectivity index (χ2n) is 6.19. The molecular weight excluding hydrogens is 476 g/mol. The summed E-state index contributed by atoms with van der Waals surface area (Å²) >= 11 is 2.07.